The molecule has 0 saturated carbocycles. The van der Waals surface area contributed by atoms with Gasteiger partial charge in [0.2, 0.25) is 0 Å². The molecule has 1 saturated heterocycles. The first kappa shape index (κ1) is 5.28. The summed E-state index contributed by atoms with van der Waals surface area (Å²) < 4.78 is 4.08. The predicted octanol–water partition coefficient (Wildman–Crippen LogP) is 0.0960. The van der Waals surface area contributed by atoms with Crippen LogP contribution >= 0.6 is 0 Å². The van der Waals surface area contributed by atoms with Gasteiger partial charge in [0.15, 0.2) is 5.41 Å². The molecule has 8 heavy (non-hydrogen) atoms. The number of hydrogen-bond acceptors (Lipinski definition) is 3. The van der Waals surface area contributed by atoms with E-state index in [1.54, 1.807) is 13.8 Å². The van der Waals surface area contributed by atoms with Gasteiger partial charge in [0.1, 0.15) is 0 Å². The van der Waals surface area contributed by atoms with Crippen molar-refractivity contribution in [1.82, 2.24) is 0 Å². The number of carbonyl (C=O) groups excluding carboxylic acids is 2. The largest absolute Gasteiger partial charge is 0.391 e. The standard InChI is InChI=1S/C5H6O3/c1-5(2)3(6)8-4(5)7/h1-2H3. The molecule has 1 rings (SSSR count). The average Bonchev–Trinajstić information content (AvgIpc) is 1.68. The fourth-order valence-corrected chi connectivity index (χ4v) is 0.376. The Balaban J connectivity index is 2.81. The first-order valence-corrected chi connectivity index (χ1v) is 2.32. The van der Waals surface area contributed by atoms with E-state index in [4.69, 9.17) is 0 Å². The van der Waals surface area contributed by atoms with Gasteiger partial charge >= 0.3 is 11.9 Å². The van der Waals surface area contributed by atoms with Gasteiger partial charge in [-0.05, 0) is 13.8 Å². The van der Waals surface area contributed by atoms with Crippen LogP contribution in [0.3, 0.4) is 0 Å². The zero-order valence-electron chi connectivity index (χ0n) is 4.72. The van der Waals surface area contributed by atoms with Crippen molar-refractivity contribution >= 4 is 11.9 Å². The minimum Gasteiger partial charge on any atom is -0.391 e. The quantitative estimate of drug-likeness (QED) is 0.331. The summed E-state index contributed by atoms with van der Waals surface area (Å²) in [6.07, 6.45) is 0. The van der Waals surface area contributed by atoms with Crippen LogP contribution in [0.1, 0.15) is 13.8 Å². The molecule has 0 amide bonds. The lowest BCUT2D eigenvalue weighted by molar-refractivity contribution is -0.193. The highest BCUT2D eigenvalue weighted by atomic mass is 16.6. The number of rotatable bonds is 0. The van der Waals surface area contributed by atoms with Gasteiger partial charge in [0, 0.05) is 0 Å². The van der Waals surface area contributed by atoms with Crippen molar-refractivity contribution in [1.29, 1.82) is 0 Å². The van der Waals surface area contributed by atoms with Crippen molar-refractivity contribution in [2.75, 3.05) is 0 Å². The highest BCUT2D eigenvalue weighted by molar-refractivity contribution is 6.13. The zero-order chi connectivity index (χ0) is 6.36. The van der Waals surface area contributed by atoms with E-state index in [0.29, 0.717) is 0 Å². The molecule has 0 N–H and O–H groups in total. The summed E-state index contributed by atoms with van der Waals surface area (Å²) in [5.41, 5.74) is -0.861. The van der Waals surface area contributed by atoms with Crippen LogP contribution in [0.5, 0.6) is 0 Å². The summed E-state index contributed by atoms with van der Waals surface area (Å²) in [4.78, 5) is 20.6. The molecule has 0 unspecified atom stereocenters. The summed E-state index contributed by atoms with van der Waals surface area (Å²) in [5, 5.41) is 0. The van der Waals surface area contributed by atoms with Crippen molar-refractivity contribution in [3.8, 4) is 0 Å². The van der Waals surface area contributed by atoms with E-state index in [0.717, 1.165) is 0 Å². The first-order chi connectivity index (χ1) is 3.55. The summed E-state index contributed by atoms with van der Waals surface area (Å²) in [5.74, 6) is -0.856. The molecule has 0 spiro atoms. The van der Waals surface area contributed by atoms with Gasteiger partial charge in [-0.1, -0.05) is 0 Å². The van der Waals surface area contributed by atoms with Crippen molar-refractivity contribution in [3.05, 3.63) is 0 Å². The molecule has 1 fully saturated rings. The van der Waals surface area contributed by atoms with Gasteiger partial charge < -0.3 is 4.74 Å². The van der Waals surface area contributed by atoms with Crippen LogP contribution in [-0.4, -0.2) is 11.9 Å². The smallest absolute Gasteiger partial charge is 0.330 e. The Morgan fingerprint density at radius 2 is 1.62 bits per heavy atom. The molecular weight excluding hydrogens is 108 g/mol. The van der Waals surface area contributed by atoms with Crippen molar-refractivity contribution in [2.45, 2.75) is 13.8 Å². The van der Waals surface area contributed by atoms with Gasteiger partial charge in [0.05, 0.1) is 0 Å². The average molecular weight is 114 g/mol. The lowest BCUT2D eigenvalue weighted by atomic mass is 9.90. The summed E-state index contributed by atoms with van der Waals surface area (Å²) >= 11 is 0. The molecular formula is C5H6O3. The molecule has 0 aromatic carbocycles. The predicted molar refractivity (Wildman–Crippen MR) is 24.9 cm³/mol. The van der Waals surface area contributed by atoms with E-state index in [2.05, 4.69) is 4.74 Å². The molecule has 1 aliphatic rings. The normalized spacial score (nSPS) is 24.2. The van der Waals surface area contributed by atoms with Crippen LogP contribution in [0.15, 0.2) is 0 Å². The zero-order valence-corrected chi connectivity index (χ0v) is 4.72. The lowest BCUT2D eigenvalue weighted by Crippen LogP contribution is -2.48. The van der Waals surface area contributed by atoms with E-state index in [-0.39, 0.29) is 0 Å². The maximum Gasteiger partial charge on any atom is 0.330 e. The second-order valence-electron chi connectivity index (χ2n) is 2.30. The third kappa shape index (κ3) is 0.384. The fraction of sp³-hybridized carbons (Fsp3) is 0.600. The molecule has 1 aliphatic heterocycles. The Kier molecular flexibility index (Phi) is 0.726. The molecule has 0 radical (unpaired) electrons. The van der Waals surface area contributed by atoms with Gasteiger partial charge in [-0.3, -0.25) is 9.59 Å². The molecule has 44 valence electrons. The van der Waals surface area contributed by atoms with Crippen molar-refractivity contribution in [3.63, 3.8) is 0 Å². The molecule has 0 bridgehead atoms. The van der Waals surface area contributed by atoms with Crippen molar-refractivity contribution < 1.29 is 14.3 Å². The van der Waals surface area contributed by atoms with Crippen LogP contribution in [0.4, 0.5) is 0 Å². The Bertz CT molecular complexity index is 141. The second kappa shape index (κ2) is 1.10. The number of cyclic esters (lactones) is 2. The molecule has 0 aliphatic carbocycles. The third-order valence-corrected chi connectivity index (χ3v) is 1.21. The minimum atomic E-state index is -0.861. The third-order valence-electron chi connectivity index (χ3n) is 1.21. The summed E-state index contributed by atoms with van der Waals surface area (Å²) in [7, 11) is 0. The maximum atomic E-state index is 10.3. The number of ether oxygens (including phenoxy) is 1. The fourth-order valence-electron chi connectivity index (χ4n) is 0.376. The van der Waals surface area contributed by atoms with Crippen LogP contribution in [0.25, 0.3) is 0 Å². The Labute approximate surface area is 46.6 Å². The van der Waals surface area contributed by atoms with E-state index >= 15 is 0 Å². The Hall–Kier alpha value is -0.860. The minimum absolute atomic E-state index is 0.428. The molecule has 3 nitrogen and oxygen atoms in total. The van der Waals surface area contributed by atoms with E-state index in [9.17, 15) is 9.59 Å². The number of esters is 2. The van der Waals surface area contributed by atoms with Crippen LogP contribution in [0.2, 0.25) is 0 Å². The summed E-state index contributed by atoms with van der Waals surface area (Å²) in [6, 6.07) is 0. The van der Waals surface area contributed by atoms with Crippen molar-refractivity contribution in [2.24, 2.45) is 5.41 Å². The topological polar surface area (TPSA) is 43.4 Å². The number of carbonyl (C=O) groups is 2. The van der Waals surface area contributed by atoms with E-state index in [1.807, 2.05) is 0 Å². The van der Waals surface area contributed by atoms with E-state index < -0.39 is 17.4 Å². The van der Waals surface area contributed by atoms with Gasteiger partial charge in [-0.2, -0.15) is 0 Å². The molecule has 0 aromatic heterocycles. The first-order valence-electron chi connectivity index (χ1n) is 2.32. The monoisotopic (exact) mass is 114 g/mol. The molecule has 0 atom stereocenters. The van der Waals surface area contributed by atoms with Crippen LogP contribution < -0.4 is 0 Å². The summed E-state index contributed by atoms with van der Waals surface area (Å²) in [6.45, 7) is 3.09. The molecule has 1 heterocycles. The SMILES string of the molecule is CC1(C)C(=O)OC1=O. The van der Waals surface area contributed by atoms with Gasteiger partial charge in [0.25, 0.3) is 0 Å². The maximum absolute atomic E-state index is 10.3. The Morgan fingerprint density at radius 1 is 1.25 bits per heavy atom. The highest BCUT2D eigenvalue weighted by Gasteiger charge is 2.50. The van der Waals surface area contributed by atoms with Gasteiger partial charge in [-0.25, -0.2) is 0 Å². The van der Waals surface area contributed by atoms with E-state index in [1.165, 1.54) is 0 Å². The van der Waals surface area contributed by atoms with Gasteiger partial charge in [-0.15, -0.1) is 0 Å². The number of hydrogen-bond donors (Lipinski definition) is 0. The lowest BCUT2D eigenvalue weighted by Gasteiger charge is -2.27. The molecule has 3 heteroatoms. The second-order valence-corrected chi connectivity index (χ2v) is 2.30. The van der Waals surface area contributed by atoms with Crippen LogP contribution in [-0.2, 0) is 14.3 Å². The highest BCUT2D eigenvalue weighted by Crippen LogP contribution is 2.28. The van der Waals surface area contributed by atoms with Crippen LogP contribution in [0, 0.1) is 5.41 Å². The molecule has 0 aromatic rings. The Morgan fingerprint density at radius 3 is 1.62 bits per heavy atom.